The highest BCUT2D eigenvalue weighted by molar-refractivity contribution is 5.76. The highest BCUT2D eigenvalue weighted by Crippen LogP contribution is 2.13. The first kappa shape index (κ1) is 16.8. The van der Waals surface area contributed by atoms with Crippen LogP contribution in [0, 0.1) is 0 Å². The van der Waals surface area contributed by atoms with Gasteiger partial charge in [0.15, 0.2) is 0 Å². The van der Waals surface area contributed by atoms with E-state index in [0.717, 1.165) is 18.0 Å². The van der Waals surface area contributed by atoms with Crippen LogP contribution < -0.4 is 0 Å². The zero-order valence-corrected chi connectivity index (χ0v) is 12.8. The van der Waals surface area contributed by atoms with Crippen molar-refractivity contribution in [2.24, 2.45) is 0 Å². The van der Waals surface area contributed by atoms with E-state index in [1.807, 2.05) is 18.2 Å². The van der Waals surface area contributed by atoms with Crippen LogP contribution in [0.2, 0.25) is 0 Å². The van der Waals surface area contributed by atoms with E-state index in [-0.39, 0.29) is 18.4 Å². The Labute approximate surface area is 129 Å². The SMILES string of the molecule is CN(CC(F)F)C(=O)C[C@H]1CN(Cc2ccccc2)CCO1. The Hall–Kier alpha value is -1.53. The molecule has 0 aromatic heterocycles. The fourth-order valence-electron chi connectivity index (χ4n) is 2.55. The average Bonchev–Trinajstić information content (AvgIpc) is 2.48. The lowest BCUT2D eigenvalue weighted by molar-refractivity contribution is -0.136. The molecule has 1 heterocycles. The molecular weight excluding hydrogens is 290 g/mol. The number of carbonyl (C=O) groups is 1. The molecule has 1 amide bonds. The van der Waals surface area contributed by atoms with Gasteiger partial charge in [-0.1, -0.05) is 30.3 Å². The topological polar surface area (TPSA) is 32.8 Å². The zero-order valence-electron chi connectivity index (χ0n) is 12.8. The van der Waals surface area contributed by atoms with Gasteiger partial charge >= 0.3 is 0 Å². The highest BCUT2D eigenvalue weighted by atomic mass is 19.3. The van der Waals surface area contributed by atoms with Gasteiger partial charge in [0.25, 0.3) is 6.43 Å². The molecule has 22 heavy (non-hydrogen) atoms. The molecule has 0 bridgehead atoms. The predicted molar refractivity (Wildman–Crippen MR) is 79.7 cm³/mol. The number of rotatable bonds is 6. The van der Waals surface area contributed by atoms with Crippen molar-refractivity contribution in [3.63, 3.8) is 0 Å². The van der Waals surface area contributed by atoms with E-state index in [2.05, 4.69) is 17.0 Å². The number of morpholine rings is 1. The molecule has 4 nitrogen and oxygen atoms in total. The molecule has 0 radical (unpaired) electrons. The van der Waals surface area contributed by atoms with Crippen molar-refractivity contribution in [3.8, 4) is 0 Å². The Balaban J connectivity index is 1.81. The van der Waals surface area contributed by atoms with E-state index >= 15 is 0 Å². The Kier molecular flexibility index (Phi) is 6.27. The molecule has 1 fully saturated rings. The Morgan fingerprint density at radius 3 is 2.82 bits per heavy atom. The third-order valence-corrected chi connectivity index (χ3v) is 3.71. The number of carbonyl (C=O) groups excluding carboxylic acids is 1. The third kappa shape index (κ3) is 5.35. The zero-order chi connectivity index (χ0) is 15.9. The molecule has 0 saturated carbocycles. The van der Waals surface area contributed by atoms with Crippen LogP contribution in [-0.4, -0.2) is 61.5 Å². The monoisotopic (exact) mass is 312 g/mol. The van der Waals surface area contributed by atoms with Crippen LogP contribution in [0.4, 0.5) is 8.78 Å². The van der Waals surface area contributed by atoms with E-state index in [1.165, 1.54) is 12.6 Å². The van der Waals surface area contributed by atoms with Gasteiger partial charge in [-0.3, -0.25) is 9.69 Å². The van der Waals surface area contributed by atoms with Crippen LogP contribution in [0.1, 0.15) is 12.0 Å². The summed E-state index contributed by atoms with van der Waals surface area (Å²) < 4.78 is 30.2. The Morgan fingerprint density at radius 2 is 2.14 bits per heavy atom. The molecule has 0 spiro atoms. The largest absolute Gasteiger partial charge is 0.375 e. The third-order valence-electron chi connectivity index (χ3n) is 3.71. The maximum absolute atomic E-state index is 12.3. The van der Waals surface area contributed by atoms with Gasteiger partial charge in [0, 0.05) is 26.7 Å². The van der Waals surface area contributed by atoms with E-state index in [1.54, 1.807) is 0 Å². The second kappa shape index (κ2) is 8.19. The normalized spacial score (nSPS) is 19.4. The van der Waals surface area contributed by atoms with Crippen molar-refractivity contribution < 1.29 is 18.3 Å². The lowest BCUT2D eigenvalue weighted by Crippen LogP contribution is -2.44. The molecule has 0 unspecified atom stereocenters. The summed E-state index contributed by atoms with van der Waals surface area (Å²) in [6.45, 7) is 2.29. The number of halogens is 2. The number of amides is 1. The molecule has 1 saturated heterocycles. The quantitative estimate of drug-likeness (QED) is 0.805. The van der Waals surface area contributed by atoms with Gasteiger partial charge in [-0.25, -0.2) is 8.78 Å². The van der Waals surface area contributed by atoms with Crippen LogP contribution in [0.25, 0.3) is 0 Å². The summed E-state index contributed by atoms with van der Waals surface area (Å²) in [4.78, 5) is 15.2. The highest BCUT2D eigenvalue weighted by Gasteiger charge is 2.25. The molecule has 1 aromatic rings. The fraction of sp³-hybridized carbons (Fsp3) is 0.562. The minimum Gasteiger partial charge on any atom is -0.375 e. The second-order valence-electron chi connectivity index (χ2n) is 5.58. The van der Waals surface area contributed by atoms with Crippen molar-refractivity contribution in [1.82, 2.24) is 9.80 Å². The second-order valence-corrected chi connectivity index (χ2v) is 5.58. The van der Waals surface area contributed by atoms with Crippen molar-refractivity contribution in [3.05, 3.63) is 35.9 Å². The van der Waals surface area contributed by atoms with Gasteiger partial charge in [0.2, 0.25) is 5.91 Å². The van der Waals surface area contributed by atoms with Crippen LogP contribution in [-0.2, 0) is 16.1 Å². The Bertz CT molecular complexity index is 470. The molecule has 122 valence electrons. The summed E-state index contributed by atoms with van der Waals surface area (Å²) in [7, 11) is 1.40. The number of benzene rings is 1. The summed E-state index contributed by atoms with van der Waals surface area (Å²) in [5.41, 5.74) is 1.21. The maximum Gasteiger partial charge on any atom is 0.255 e. The van der Waals surface area contributed by atoms with E-state index < -0.39 is 13.0 Å². The number of nitrogens with zero attached hydrogens (tertiary/aromatic N) is 2. The van der Waals surface area contributed by atoms with E-state index in [9.17, 15) is 13.6 Å². The predicted octanol–water partition coefficient (Wildman–Crippen LogP) is 2.00. The van der Waals surface area contributed by atoms with E-state index in [0.29, 0.717) is 13.2 Å². The van der Waals surface area contributed by atoms with Crippen LogP contribution in [0.3, 0.4) is 0 Å². The smallest absolute Gasteiger partial charge is 0.255 e. The van der Waals surface area contributed by atoms with Gasteiger partial charge in [0.1, 0.15) is 0 Å². The molecule has 2 rings (SSSR count). The van der Waals surface area contributed by atoms with Crippen LogP contribution in [0.15, 0.2) is 30.3 Å². The lowest BCUT2D eigenvalue weighted by atomic mass is 10.1. The molecule has 0 aliphatic carbocycles. The van der Waals surface area contributed by atoms with Crippen LogP contribution >= 0.6 is 0 Å². The van der Waals surface area contributed by atoms with E-state index in [4.69, 9.17) is 4.74 Å². The lowest BCUT2D eigenvalue weighted by Gasteiger charge is -2.33. The molecule has 1 aliphatic rings. The number of ether oxygens (including phenoxy) is 1. The molecule has 1 aromatic carbocycles. The molecule has 1 atom stereocenters. The average molecular weight is 312 g/mol. The minimum atomic E-state index is -2.50. The first-order valence-corrected chi connectivity index (χ1v) is 7.44. The Morgan fingerprint density at radius 1 is 1.41 bits per heavy atom. The number of hydrogen-bond acceptors (Lipinski definition) is 3. The first-order valence-electron chi connectivity index (χ1n) is 7.44. The summed E-state index contributed by atoms with van der Waals surface area (Å²) in [6, 6.07) is 10.1. The fourth-order valence-corrected chi connectivity index (χ4v) is 2.55. The van der Waals surface area contributed by atoms with Crippen molar-refractivity contribution in [2.75, 3.05) is 33.3 Å². The van der Waals surface area contributed by atoms with Gasteiger partial charge in [0.05, 0.1) is 25.7 Å². The van der Waals surface area contributed by atoms with Gasteiger partial charge < -0.3 is 9.64 Å². The maximum atomic E-state index is 12.3. The summed E-state index contributed by atoms with van der Waals surface area (Å²) >= 11 is 0. The molecular formula is C16H22F2N2O2. The van der Waals surface area contributed by atoms with Crippen molar-refractivity contribution in [2.45, 2.75) is 25.5 Å². The van der Waals surface area contributed by atoms with Gasteiger partial charge in [-0.15, -0.1) is 0 Å². The molecule has 1 aliphatic heterocycles. The number of alkyl halides is 2. The standard InChI is InChI=1S/C16H22F2N2O2/c1-19(12-15(17)18)16(21)9-14-11-20(7-8-22-14)10-13-5-3-2-4-6-13/h2-6,14-15H,7-12H2,1H3/t14-/m0/s1. The summed E-state index contributed by atoms with van der Waals surface area (Å²) in [5.74, 6) is -0.299. The van der Waals surface area contributed by atoms with Gasteiger partial charge in [-0.05, 0) is 5.56 Å². The first-order chi connectivity index (χ1) is 10.5. The van der Waals surface area contributed by atoms with Crippen molar-refractivity contribution >= 4 is 5.91 Å². The summed E-state index contributed by atoms with van der Waals surface area (Å²) in [6.07, 6.45) is -2.59. The minimum absolute atomic E-state index is 0.147. The summed E-state index contributed by atoms with van der Waals surface area (Å²) in [5, 5.41) is 0. The van der Waals surface area contributed by atoms with Crippen molar-refractivity contribution in [1.29, 1.82) is 0 Å². The number of hydrogen-bond donors (Lipinski definition) is 0. The molecule has 6 heteroatoms. The van der Waals surface area contributed by atoms with Gasteiger partial charge in [-0.2, -0.15) is 0 Å². The molecule has 0 N–H and O–H groups in total. The van der Waals surface area contributed by atoms with Crippen LogP contribution in [0.5, 0.6) is 0 Å².